The summed E-state index contributed by atoms with van der Waals surface area (Å²) in [6, 6.07) is 3.26. The van der Waals surface area contributed by atoms with Crippen molar-refractivity contribution in [2.45, 2.75) is 12.8 Å². The molecule has 0 bridgehead atoms. The van der Waals surface area contributed by atoms with E-state index in [1.54, 1.807) is 0 Å². The Morgan fingerprint density at radius 3 is 2.71 bits per heavy atom. The number of amidine groups is 1. The van der Waals surface area contributed by atoms with Gasteiger partial charge in [0.1, 0.15) is 11.6 Å². The second kappa shape index (κ2) is 6.68. The standard InChI is InChI=1S/C14H14FN2O5PS/c15-10-4-3-9(11(8-10)22-23(19,20)21)7-12-13(18)16-14(24-12)17-5-1-2-6-17/h3-4,7-8H,1-2,5-6H2,(H2,19,20,21). The van der Waals surface area contributed by atoms with Gasteiger partial charge in [-0.25, -0.2) is 8.96 Å². The average Bonchev–Trinajstić information content (AvgIpc) is 3.10. The fraction of sp³-hybridized carbons (Fsp3) is 0.286. The Morgan fingerprint density at radius 1 is 1.33 bits per heavy atom. The normalized spacial score (nSPS) is 20.0. The maximum Gasteiger partial charge on any atom is 0.524 e. The van der Waals surface area contributed by atoms with Crippen LogP contribution >= 0.6 is 19.6 Å². The number of phosphoric acid groups is 1. The molecule has 0 saturated carbocycles. The van der Waals surface area contributed by atoms with Crippen molar-refractivity contribution in [1.82, 2.24) is 4.90 Å². The van der Waals surface area contributed by atoms with Crippen molar-refractivity contribution in [1.29, 1.82) is 0 Å². The fourth-order valence-corrected chi connectivity index (χ4v) is 3.79. The first-order valence-electron chi connectivity index (χ1n) is 7.14. The summed E-state index contributed by atoms with van der Waals surface area (Å²) in [5, 5.41) is 0.614. The first kappa shape index (κ1) is 17.2. The van der Waals surface area contributed by atoms with Crippen molar-refractivity contribution in [3.05, 3.63) is 34.5 Å². The Bertz CT molecular complexity index is 785. The zero-order valence-corrected chi connectivity index (χ0v) is 14.1. The Hall–Kier alpha value is -1.67. The van der Waals surface area contributed by atoms with Gasteiger partial charge in [0, 0.05) is 24.7 Å². The third kappa shape index (κ3) is 4.05. The van der Waals surface area contributed by atoms with Crippen LogP contribution in [0, 0.1) is 5.82 Å². The first-order valence-corrected chi connectivity index (χ1v) is 9.49. The summed E-state index contributed by atoms with van der Waals surface area (Å²) >= 11 is 1.19. The molecule has 1 aromatic rings. The number of halogens is 1. The molecule has 2 aliphatic heterocycles. The molecule has 0 radical (unpaired) electrons. The summed E-state index contributed by atoms with van der Waals surface area (Å²) in [7, 11) is -4.85. The molecule has 7 nitrogen and oxygen atoms in total. The van der Waals surface area contributed by atoms with Crippen LogP contribution in [0.4, 0.5) is 4.39 Å². The van der Waals surface area contributed by atoms with Gasteiger partial charge >= 0.3 is 7.82 Å². The van der Waals surface area contributed by atoms with Crippen LogP contribution in [0.2, 0.25) is 0 Å². The molecule has 1 aromatic carbocycles. The van der Waals surface area contributed by atoms with Gasteiger partial charge in [-0.15, -0.1) is 0 Å². The third-order valence-corrected chi connectivity index (χ3v) is 4.94. The molecule has 1 amide bonds. The third-order valence-electron chi connectivity index (χ3n) is 3.47. The minimum atomic E-state index is -4.85. The SMILES string of the molecule is O=C1N=C(N2CCCC2)SC1=Cc1ccc(F)cc1OP(=O)(O)O. The zero-order valence-electron chi connectivity index (χ0n) is 12.4. The predicted molar refractivity (Wildman–Crippen MR) is 87.9 cm³/mol. The van der Waals surface area contributed by atoms with Crippen molar-refractivity contribution in [3.63, 3.8) is 0 Å². The van der Waals surface area contributed by atoms with E-state index < -0.39 is 19.5 Å². The van der Waals surface area contributed by atoms with E-state index in [-0.39, 0.29) is 11.3 Å². The summed E-state index contributed by atoms with van der Waals surface area (Å²) < 4.78 is 28.8. The van der Waals surface area contributed by atoms with E-state index in [1.807, 2.05) is 4.90 Å². The van der Waals surface area contributed by atoms with Gasteiger partial charge in [0.2, 0.25) is 0 Å². The minimum absolute atomic E-state index is 0.188. The molecule has 10 heteroatoms. The van der Waals surface area contributed by atoms with Gasteiger partial charge in [0.15, 0.2) is 5.17 Å². The van der Waals surface area contributed by atoms with Crippen LogP contribution in [-0.4, -0.2) is 38.9 Å². The highest BCUT2D eigenvalue weighted by molar-refractivity contribution is 8.18. The van der Waals surface area contributed by atoms with E-state index in [0.29, 0.717) is 10.1 Å². The number of carbonyl (C=O) groups is 1. The molecule has 0 atom stereocenters. The second-order valence-corrected chi connectivity index (χ2v) is 7.44. The minimum Gasteiger partial charge on any atom is -0.404 e. The van der Waals surface area contributed by atoms with Gasteiger partial charge in [0.25, 0.3) is 5.91 Å². The van der Waals surface area contributed by atoms with E-state index in [1.165, 1.54) is 23.9 Å². The number of hydrogen-bond donors (Lipinski definition) is 2. The smallest absolute Gasteiger partial charge is 0.404 e. The summed E-state index contributed by atoms with van der Waals surface area (Å²) in [4.78, 5) is 36.2. The van der Waals surface area contributed by atoms with Gasteiger partial charge in [-0.1, -0.05) is 0 Å². The van der Waals surface area contributed by atoms with Crippen LogP contribution in [0.5, 0.6) is 5.75 Å². The molecule has 0 aliphatic carbocycles. The molecule has 24 heavy (non-hydrogen) atoms. The maximum absolute atomic E-state index is 13.3. The number of nitrogens with zero attached hydrogens (tertiary/aromatic N) is 2. The topological polar surface area (TPSA) is 99.4 Å². The average molecular weight is 372 g/mol. The van der Waals surface area contributed by atoms with E-state index in [2.05, 4.69) is 9.52 Å². The summed E-state index contributed by atoms with van der Waals surface area (Å²) in [6.45, 7) is 1.69. The Balaban J connectivity index is 1.86. The number of hydrogen-bond acceptors (Lipinski definition) is 5. The zero-order chi connectivity index (χ0) is 17.3. The Labute approximate surface area is 141 Å². The van der Waals surface area contributed by atoms with Crippen molar-refractivity contribution in [2.24, 2.45) is 4.99 Å². The largest absolute Gasteiger partial charge is 0.524 e. The van der Waals surface area contributed by atoms with Crippen LogP contribution in [-0.2, 0) is 9.36 Å². The number of amides is 1. The number of phosphoric ester groups is 1. The highest BCUT2D eigenvalue weighted by Crippen LogP contribution is 2.41. The van der Waals surface area contributed by atoms with Gasteiger partial charge < -0.3 is 9.42 Å². The number of likely N-dealkylation sites (tertiary alicyclic amines) is 1. The van der Waals surface area contributed by atoms with Crippen LogP contribution in [0.15, 0.2) is 28.1 Å². The van der Waals surface area contributed by atoms with E-state index in [0.717, 1.165) is 38.1 Å². The molecule has 2 aliphatic rings. The van der Waals surface area contributed by atoms with E-state index in [4.69, 9.17) is 9.79 Å². The monoisotopic (exact) mass is 372 g/mol. The molecule has 0 unspecified atom stereocenters. The van der Waals surface area contributed by atoms with Gasteiger partial charge in [-0.2, -0.15) is 4.99 Å². The van der Waals surface area contributed by atoms with Gasteiger partial charge in [-0.05, 0) is 42.8 Å². The van der Waals surface area contributed by atoms with Crippen LogP contribution in [0.1, 0.15) is 18.4 Å². The van der Waals surface area contributed by atoms with Crippen LogP contribution < -0.4 is 4.52 Å². The lowest BCUT2D eigenvalue weighted by Crippen LogP contribution is -2.23. The molecule has 0 spiro atoms. The lowest BCUT2D eigenvalue weighted by atomic mass is 10.2. The Kier molecular flexibility index (Phi) is 4.78. The second-order valence-electron chi connectivity index (χ2n) is 5.27. The number of benzene rings is 1. The molecular weight excluding hydrogens is 358 g/mol. The highest BCUT2D eigenvalue weighted by Gasteiger charge is 2.28. The molecule has 128 valence electrons. The van der Waals surface area contributed by atoms with Gasteiger partial charge in [0.05, 0.1) is 4.91 Å². The highest BCUT2D eigenvalue weighted by atomic mass is 32.2. The Morgan fingerprint density at radius 2 is 2.04 bits per heavy atom. The van der Waals surface area contributed by atoms with Crippen LogP contribution in [0.25, 0.3) is 6.08 Å². The van der Waals surface area contributed by atoms with E-state index >= 15 is 0 Å². The van der Waals surface area contributed by atoms with E-state index in [9.17, 15) is 13.8 Å². The molecule has 1 fully saturated rings. The maximum atomic E-state index is 13.3. The lowest BCUT2D eigenvalue weighted by Gasteiger charge is -2.14. The summed E-state index contributed by atoms with van der Waals surface area (Å²) in [5.41, 5.74) is 0.188. The fourth-order valence-electron chi connectivity index (χ4n) is 2.42. The van der Waals surface area contributed by atoms with Gasteiger partial charge in [-0.3, -0.25) is 14.6 Å². The molecule has 0 aromatic heterocycles. The molecule has 1 saturated heterocycles. The first-order chi connectivity index (χ1) is 11.3. The predicted octanol–water partition coefficient (Wildman–Crippen LogP) is 2.36. The summed E-state index contributed by atoms with van der Waals surface area (Å²) in [5.74, 6) is -1.48. The number of carbonyl (C=O) groups excluding carboxylic acids is 1. The van der Waals surface area contributed by atoms with Crippen molar-refractivity contribution in [3.8, 4) is 5.75 Å². The molecular formula is C14H14FN2O5PS. The molecule has 2 heterocycles. The number of rotatable bonds is 3. The number of thioether (sulfide) groups is 1. The number of aliphatic imine (C=N–C) groups is 1. The lowest BCUT2D eigenvalue weighted by molar-refractivity contribution is -0.113. The molecule has 3 rings (SSSR count). The quantitative estimate of drug-likeness (QED) is 0.621. The van der Waals surface area contributed by atoms with Crippen molar-refractivity contribution < 1.29 is 28.1 Å². The summed E-state index contributed by atoms with van der Waals surface area (Å²) in [6.07, 6.45) is 3.49. The van der Waals surface area contributed by atoms with Crippen LogP contribution in [0.3, 0.4) is 0 Å². The molecule has 2 N–H and O–H groups in total. The van der Waals surface area contributed by atoms with Crippen molar-refractivity contribution in [2.75, 3.05) is 13.1 Å². The van der Waals surface area contributed by atoms with Crippen molar-refractivity contribution >= 4 is 36.7 Å².